The molecule has 0 atom stereocenters. The van der Waals surface area contributed by atoms with E-state index in [0.29, 0.717) is 5.03 Å². The molecule has 0 heterocycles. The number of hydrogen-bond donors (Lipinski definition) is 1. The first kappa shape index (κ1) is 8.34. The molecule has 8 heavy (non-hydrogen) atoms. The highest BCUT2D eigenvalue weighted by Gasteiger charge is 1.95. The maximum absolute atomic E-state index is 10.1. The molecule has 0 radical (unpaired) electrons. The van der Waals surface area contributed by atoms with Gasteiger partial charge in [-0.15, -0.1) is 12.6 Å². The van der Waals surface area contributed by atoms with Gasteiger partial charge in [-0.2, -0.15) is 0 Å². The Hall–Kier alpha value is 0.340. The van der Waals surface area contributed by atoms with E-state index < -0.39 is 0 Å². The predicted molar refractivity (Wildman–Crippen MR) is 38.4 cm³/mol. The average Bonchev–Trinajstić information content (AvgIpc) is 1.65. The van der Waals surface area contributed by atoms with Gasteiger partial charge in [-0.1, -0.05) is 23.2 Å². The lowest BCUT2D eigenvalue weighted by molar-refractivity contribution is -0.110. The second-order valence-electron chi connectivity index (χ2n) is 1.13. The minimum Gasteiger partial charge on any atom is -0.287 e. The third-order valence-corrected chi connectivity index (χ3v) is 1.21. The maximum atomic E-state index is 10.1. The summed E-state index contributed by atoms with van der Waals surface area (Å²) in [6, 6.07) is 0. The van der Waals surface area contributed by atoms with Crippen LogP contribution in [0.15, 0.2) is 10.6 Å². The Kier molecular flexibility index (Phi) is 4.42. The fourth-order valence-electron chi connectivity index (χ4n) is 0.183. The van der Waals surface area contributed by atoms with E-state index in [1.807, 2.05) is 0 Å². The van der Waals surface area contributed by atoms with Crippen LogP contribution in [0, 0.1) is 0 Å². The predicted octanol–water partition coefficient (Wildman–Crippen LogP) is 2.15. The third-order valence-electron chi connectivity index (χ3n) is 0.438. The summed E-state index contributed by atoms with van der Waals surface area (Å²) in [5.41, 5.74) is 1.15. The normalized spacial score (nSPS) is 11.6. The standard InChI is InChI=1S/C4H4Cl2OS/c5-2-3(6)1-4(7)8/h2H,1H2,(H,7,8). The van der Waals surface area contributed by atoms with Gasteiger partial charge < -0.3 is 0 Å². The van der Waals surface area contributed by atoms with Crippen molar-refractivity contribution >= 4 is 40.9 Å². The average molecular weight is 171 g/mol. The Bertz CT molecular complexity index is 121. The number of rotatable bonds is 2. The molecule has 0 aromatic rings. The fraction of sp³-hybridized carbons (Fsp3) is 0.250. The molecular weight excluding hydrogens is 167 g/mol. The van der Waals surface area contributed by atoms with E-state index in [1.165, 1.54) is 0 Å². The van der Waals surface area contributed by atoms with Crippen LogP contribution in [0.5, 0.6) is 0 Å². The van der Waals surface area contributed by atoms with Gasteiger partial charge in [-0.25, -0.2) is 0 Å². The molecule has 0 aliphatic rings. The Morgan fingerprint density at radius 1 is 1.75 bits per heavy atom. The van der Waals surface area contributed by atoms with Crippen molar-refractivity contribution < 1.29 is 4.79 Å². The van der Waals surface area contributed by atoms with Crippen LogP contribution in [0.2, 0.25) is 0 Å². The largest absolute Gasteiger partial charge is 0.287 e. The van der Waals surface area contributed by atoms with Crippen LogP contribution in [0.1, 0.15) is 6.42 Å². The van der Waals surface area contributed by atoms with Crippen molar-refractivity contribution in [1.82, 2.24) is 0 Å². The maximum Gasteiger partial charge on any atom is 0.191 e. The summed E-state index contributed by atoms with van der Waals surface area (Å²) in [7, 11) is 0. The van der Waals surface area contributed by atoms with Crippen LogP contribution in [0.4, 0.5) is 0 Å². The molecule has 0 aliphatic heterocycles. The lowest BCUT2D eigenvalue weighted by atomic mass is 10.5. The van der Waals surface area contributed by atoms with Crippen molar-refractivity contribution in [2.75, 3.05) is 0 Å². The van der Waals surface area contributed by atoms with Gasteiger partial charge in [-0.05, 0) is 0 Å². The van der Waals surface area contributed by atoms with E-state index >= 15 is 0 Å². The van der Waals surface area contributed by atoms with Gasteiger partial charge in [-0.3, -0.25) is 4.79 Å². The molecule has 0 aliphatic carbocycles. The molecule has 0 aromatic heterocycles. The van der Waals surface area contributed by atoms with Crippen molar-refractivity contribution in [1.29, 1.82) is 0 Å². The summed E-state index contributed by atoms with van der Waals surface area (Å²) in [6.45, 7) is 0. The zero-order valence-electron chi connectivity index (χ0n) is 3.90. The summed E-state index contributed by atoms with van der Waals surface area (Å²) < 4.78 is 0. The van der Waals surface area contributed by atoms with Crippen molar-refractivity contribution in [3.8, 4) is 0 Å². The molecule has 0 fully saturated rings. The first-order valence-electron chi connectivity index (χ1n) is 1.83. The summed E-state index contributed by atoms with van der Waals surface area (Å²) in [5.74, 6) is 0. The second kappa shape index (κ2) is 4.24. The Balaban J connectivity index is 3.56. The molecule has 0 rings (SSSR count). The number of thiol groups is 1. The van der Waals surface area contributed by atoms with Crippen molar-refractivity contribution in [2.24, 2.45) is 0 Å². The molecule has 0 spiro atoms. The zero-order chi connectivity index (χ0) is 6.57. The first-order valence-corrected chi connectivity index (χ1v) is 3.09. The molecule has 0 aromatic carbocycles. The van der Waals surface area contributed by atoms with Gasteiger partial charge in [0.05, 0.1) is 6.42 Å². The van der Waals surface area contributed by atoms with Gasteiger partial charge in [0.25, 0.3) is 0 Å². The second-order valence-corrected chi connectivity index (χ2v) is 2.33. The molecular formula is C4H4Cl2OS. The van der Waals surface area contributed by atoms with Crippen LogP contribution in [-0.2, 0) is 4.79 Å². The van der Waals surface area contributed by atoms with Gasteiger partial charge in [0.1, 0.15) is 0 Å². The van der Waals surface area contributed by atoms with Gasteiger partial charge >= 0.3 is 0 Å². The smallest absolute Gasteiger partial charge is 0.191 e. The molecule has 0 saturated heterocycles. The summed E-state index contributed by atoms with van der Waals surface area (Å²) >= 11 is 13.9. The van der Waals surface area contributed by atoms with Gasteiger partial charge in [0, 0.05) is 10.6 Å². The topological polar surface area (TPSA) is 17.1 Å². The molecule has 46 valence electrons. The number of allylic oxidation sites excluding steroid dienone is 1. The number of carbonyl (C=O) groups is 1. The van der Waals surface area contributed by atoms with E-state index in [2.05, 4.69) is 12.6 Å². The van der Waals surface area contributed by atoms with Gasteiger partial charge in [0.15, 0.2) is 5.12 Å². The van der Waals surface area contributed by atoms with Crippen molar-refractivity contribution in [3.63, 3.8) is 0 Å². The number of carbonyl (C=O) groups excluding carboxylic acids is 1. The lowest BCUT2D eigenvalue weighted by Crippen LogP contribution is -1.83. The highest BCUT2D eigenvalue weighted by molar-refractivity contribution is 7.96. The third kappa shape index (κ3) is 4.50. The van der Waals surface area contributed by atoms with Crippen LogP contribution in [-0.4, -0.2) is 5.12 Å². The number of hydrogen-bond acceptors (Lipinski definition) is 1. The minimum absolute atomic E-state index is 0.105. The summed E-state index contributed by atoms with van der Waals surface area (Å²) in [4.78, 5) is 10.1. The molecule has 4 heteroatoms. The monoisotopic (exact) mass is 170 g/mol. The zero-order valence-corrected chi connectivity index (χ0v) is 6.30. The molecule has 0 bridgehead atoms. The van der Waals surface area contributed by atoms with Crippen LogP contribution >= 0.6 is 35.8 Å². The van der Waals surface area contributed by atoms with E-state index in [4.69, 9.17) is 23.2 Å². The van der Waals surface area contributed by atoms with E-state index in [9.17, 15) is 4.79 Å². The number of halogens is 2. The molecule has 0 N–H and O–H groups in total. The highest BCUT2D eigenvalue weighted by atomic mass is 35.5. The lowest BCUT2D eigenvalue weighted by Gasteiger charge is -1.86. The van der Waals surface area contributed by atoms with Crippen molar-refractivity contribution in [3.05, 3.63) is 10.6 Å². The fourth-order valence-corrected chi connectivity index (χ4v) is 0.645. The Morgan fingerprint density at radius 3 is 2.38 bits per heavy atom. The quantitative estimate of drug-likeness (QED) is 0.630. The van der Waals surface area contributed by atoms with E-state index in [0.717, 1.165) is 5.54 Å². The molecule has 0 amide bonds. The van der Waals surface area contributed by atoms with Crippen molar-refractivity contribution in [2.45, 2.75) is 6.42 Å². The minimum atomic E-state index is -0.285. The van der Waals surface area contributed by atoms with Crippen LogP contribution < -0.4 is 0 Å². The van der Waals surface area contributed by atoms with Crippen LogP contribution in [0.25, 0.3) is 0 Å². The first-order chi connectivity index (χ1) is 3.66. The van der Waals surface area contributed by atoms with Crippen LogP contribution in [0.3, 0.4) is 0 Å². The Morgan fingerprint density at radius 2 is 2.25 bits per heavy atom. The molecule has 1 nitrogen and oxygen atoms in total. The molecule has 0 saturated carbocycles. The Labute approximate surface area is 63.1 Å². The van der Waals surface area contributed by atoms with Gasteiger partial charge in [0.2, 0.25) is 0 Å². The SMILES string of the molecule is O=C(S)CC(Cl)=CCl. The summed E-state index contributed by atoms with van der Waals surface area (Å²) in [6.07, 6.45) is 0.105. The van der Waals surface area contributed by atoms with E-state index in [-0.39, 0.29) is 11.5 Å². The summed E-state index contributed by atoms with van der Waals surface area (Å²) in [5, 5.41) is 0.0265. The molecule has 0 unspecified atom stereocenters. The van der Waals surface area contributed by atoms with E-state index in [1.54, 1.807) is 0 Å². The highest BCUT2D eigenvalue weighted by Crippen LogP contribution is 2.09.